The molecule has 3 heteroatoms. The van der Waals surface area contributed by atoms with Gasteiger partial charge in [0.15, 0.2) is 0 Å². The van der Waals surface area contributed by atoms with Crippen LogP contribution in [-0.4, -0.2) is 49.0 Å². The lowest BCUT2D eigenvalue weighted by Gasteiger charge is -2.46. The summed E-state index contributed by atoms with van der Waals surface area (Å²) in [5.41, 5.74) is 0. The van der Waals surface area contributed by atoms with Crippen molar-refractivity contribution in [2.24, 2.45) is 5.92 Å². The Morgan fingerprint density at radius 3 is 2.87 bits per heavy atom. The van der Waals surface area contributed by atoms with E-state index in [9.17, 15) is 5.11 Å². The third-order valence-corrected chi connectivity index (χ3v) is 4.04. The normalized spacial score (nSPS) is 37.6. The zero-order valence-electron chi connectivity index (χ0n) is 9.69. The maximum absolute atomic E-state index is 9.99. The van der Waals surface area contributed by atoms with Crippen LogP contribution in [-0.2, 0) is 4.74 Å². The summed E-state index contributed by atoms with van der Waals surface area (Å²) in [4.78, 5) is 2.53. The van der Waals surface area contributed by atoms with Crippen LogP contribution in [0.4, 0.5) is 0 Å². The van der Waals surface area contributed by atoms with Crippen LogP contribution in [0, 0.1) is 5.92 Å². The molecule has 0 amide bonds. The third kappa shape index (κ3) is 2.52. The largest absolute Gasteiger partial charge is 0.393 e. The molecule has 3 nitrogen and oxygen atoms in total. The molecule has 1 N–H and O–H groups in total. The van der Waals surface area contributed by atoms with Crippen molar-refractivity contribution in [3.63, 3.8) is 0 Å². The Hall–Kier alpha value is -0.120. The summed E-state index contributed by atoms with van der Waals surface area (Å²) in [6.45, 7) is 2.90. The number of piperidine rings is 1. The molecule has 0 aromatic rings. The predicted molar refractivity (Wildman–Crippen MR) is 59.8 cm³/mol. The summed E-state index contributed by atoms with van der Waals surface area (Å²) in [6, 6.07) is 0.623. The standard InChI is InChI=1S/C12H23NO2/c1-15-9-8-13-7-6-12(14)10-4-2-3-5-11(10)13/h10-12,14H,2-9H2,1H3/t10-,11-,12+/m1/s1. The number of rotatable bonds is 3. The van der Waals surface area contributed by atoms with E-state index >= 15 is 0 Å². The molecule has 15 heavy (non-hydrogen) atoms. The minimum absolute atomic E-state index is 0.0471. The fourth-order valence-electron chi connectivity index (χ4n) is 3.21. The van der Waals surface area contributed by atoms with Crippen molar-refractivity contribution in [1.82, 2.24) is 4.90 Å². The van der Waals surface area contributed by atoms with Crippen LogP contribution in [0.5, 0.6) is 0 Å². The van der Waals surface area contributed by atoms with E-state index in [1.807, 2.05) is 0 Å². The minimum Gasteiger partial charge on any atom is -0.393 e. The number of aliphatic hydroxyl groups is 1. The van der Waals surface area contributed by atoms with Gasteiger partial charge in [0.2, 0.25) is 0 Å². The molecule has 0 unspecified atom stereocenters. The Morgan fingerprint density at radius 1 is 1.27 bits per heavy atom. The Bertz CT molecular complexity index is 196. The fourth-order valence-corrected chi connectivity index (χ4v) is 3.21. The predicted octanol–water partition coefficient (Wildman–Crippen LogP) is 1.26. The number of aliphatic hydroxyl groups excluding tert-OH is 1. The molecule has 1 aliphatic heterocycles. The van der Waals surface area contributed by atoms with Crippen LogP contribution in [0.3, 0.4) is 0 Å². The van der Waals surface area contributed by atoms with E-state index in [1.165, 1.54) is 25.7 Å². The fraction of sp³-hybridized carbons (Fsp3) is 1.00. The van der Waals surface area contributed by atoms with Crippen LogP contribution < -0.4 is 0 Å². The molecule has 0 radical (unpaired) electrons. The second-order valence-corrected chi connectivity index (χ2v) is 4.90. The summed E-state index contributed by atoms with van der Waals surface area (Å²) in [7, 11) is 1.76. The lowest BCUT2D eigenvalue weighted by molar-refractivity contribution is -0.0422. The first-order chi connectivity index (χ1) is 7.33. The van der Waals surface area contributed by atoms with Gasteiger partial charge in [0, 0.05) is 32.2 Å². The molecular formula is C12H23NO2. The molecule has 1 aliphatic carbocycles. The summed E-state index contributed by atoms with van der Waals surface area (Å²) >= 11 is 0. The highest BCUT2D eigenvalue weighted by Gasteiger charge is 2.37. The molecule has 1 heterocycles. The maximum atomic E-state index is 9.99. The number of fused-ring (bicyclic) bond motifs is 1. The summed E-state index contributed by atoms with van der Waals surface area (Å²) in [5.74, 6) is 0.532. The first-order valence-electron chi connectivity index (χ1n) is 6.24. The second-order valence-electron chi connectivity index (χ2n) is 4.90. The Labute approximate surface area is 92.4 Å². The van der Waals surface area contributed by atoms with Gasteiger partial charge in [-0.25, -0.2) is 0 Å². The van der Waals surface area contributed by atoms with Gasteiger partial charge in [0.05, 0.1) is 12.7 Å². The summed E-state index contributed by atoms with van der Waals surface area (Å²) in [5, 5.41) is 9.99. The number of methoxy groups -OCH3 is 1. The molecule has 2 rings (SSSR count). The summed E-state index contributed by atoms with van der Waals surface area (Å²) in [6.07, 6.45) is 6.02. The van der Waals surface area contributed by atoms with Gasteiger partial charge in [0.25, 0.3) is 0 Å². The number of ether oxygens (including phenoxy) is 1. The average molecular weight is 213 g/mol. The molecule has 88 valence electrons. The van der Waals surface area contributed by atoms with Gasteiger partial charge < -0.3 is 9.84 Å². The third-order valence-electron chi connectivity index (χ3n) is 4.04. The molecule has 2 fully saturated rings. The lowest BCUT2D eigenvalue weighted by atomic mass is 9.76. The van der Waals surface area contributed by atoms with Gasteiger partial charge in [0.1, 0.15) is 0 Å². The zero-order valence-corrected chi connectivity index (χ0v) is 9.69. The average Bonchev–Trinajstić information content (AvgIpc) is 2.29. The van der Waals surface area contributed by atoms with E-state index < -0.39 is 0 Å². The Kier molecular flexibility index (Phi) is 4.00. The molecular weight excluding hydrogens is 190 g/mol. The van der Waals surface area contributed by atoms with Gasteiger partial charge in [-0.05, 0) is 19.3 Å². The van der Waals surface area contributed by atoms with Crippen LogP contribution in [0.15, 0.2) is 0 Å². The summed E-state index contributed by atoms with van der Waals surface area (Å²) < 4.78 is 5.15. The van der Waals surface area contributed by atoms with E-state index in [0.717, 1.165) is 26.1 Å². The quantitative estimate of drug-likeness (QED) is 0.766. The maximum Gasteiger partial charge on any atom is 0.0595 e. The number of likely N-dealkylation sites (tertiary alicyclic amines) is 1. The van der Waals surface area contributed by atoms with Crippen molar-refractivity contribution < 1.29 is 9.84 Å². The van der Waals surface area contributed by atoms with E-state index in [0.29, 0.717) is 12.0 Å². The topological polar surface area (TPSA) is 32.7 Å². The van der Waals surface area contributed by atoms with E-state index in [2.05, 4.69) is 4.90 Å². The van der Waals surface area contributed by atoms with Gasteiger partial charge in [-0.15, -0.1) is 0 Å². The van der Waals surface area contributed by atoms with Crippen LogP contribution in [0.2, 0.25) is 0 Å². The van der Waals surface area contributed by atoms with Crippen LogP contribution in [0.1, 0.15) is 32.1 Å². The van der Waals surface area contributed by atoms with Gasteiger partial charge in [-0.1, -0.05) is 12.8 Å². The van der Waals surface area contributed by atoms with Crippen molar-refractivity contribution in [1.29, 1.82) is 0 Å². The van der Waals surface area contributed by atoms with Gasteiger partial charge in [-0.2, -0.15) is 0 Å². The SMILES string of the molecule is COCCN1CC[C@H](O)[C@@H]2CCCC[C@H]21. The minimum atomic E-state index is -0.0471. The van der Waals surface area contributed by atoms with Crippen molar-refractivity contribution in [3.8, 4) is 0 Å². The molecule has 0 spiro atoms. The zero-order chi connectivity index (χ0) is 10.7. The van der Waals surface area contributed by atoms with Crippen molar-refractivity contribution >= 4 is 0 Å². The highest BCUT2D eigenvalue weighted by molar-refractivity contribution is 4.91. The molecule has 2 aliphatic rings. The number of nitrogens with zero attached hydrogens (tertiary/aromatic N) is 1. The molecule has 0 aromatic heterocycles. The molecule has 3 atom stereocenters. The molecule has 1 saturated carbocycles. The van der Waals surface area contributed by atoms with Gasteiger partial charge >= 0.3 is 0 Å². The van der Waals surface area contributed by atoms with Crippen molar-refractivity contribution in [2.75, 3.05) is 26.8 Å². The van der Waals surface area contributed by atoms with E-state index in [-0.39, 0.29) is 6.10 Å². The van der Waals surface area contributed by atoms with Crippen molar-refractivity contribution in [2.45, 2.75) is 44.2 Å². The van der Waals surface area contributed by atoms with Crippen LogP contribution in [0.25, 0.3) is 0 Å². The highest BCUT2D eigenvalue weighted by atomic mass is 16.5. The first-order valence-corrected chi connectivity index (χ1v) is 6.24. The first kappa shape index (κ1) is 11.4. The number of hydrogen-bond acceptors (Lipinski definition) is 3. The monoisotopic (exact) mass is 213 g/mol. The Balaban J connectivity index is 1.94. The van der Waals surface area contributed by atoms with Crippen molar-refractivity contribution in [3.05, 3.63) is 0 Å². The smallest absolute Gasteiger partial charge is 0.0595 e. The van der Waals surface area contributed by atoms with E-state index in [4.69, 9.17) is 4.74 Å². The Morgan fingerprint density at radius 2 is 2.07 bits per heavy atom. The number of hydrogen-bond donors (Lipinski definition) is 1. The van der Waals surface area contributed by atoms with Gasteiger partial charge in [-0.3, -0.25) is 4.90 Å². The molecule has 0 aromatic carbocycles. The second kappa shape index (κ2) is 5.28. The molecule has 1 saturated heterocycles. The van der Waals surface area contributed by atoms with E-state index in [1.54, 1.807) is 7.11 Å². The lowest BCUT2D eigenvalue weighted by Crippen LogP contribution is -2.53. The highest BCUT2D eigenvalue weighted by Crippen LogP contribution is 2.35. The van der Waals surface area contributed by atoms with Crippen LogP contribution >= 0.6 is 0 Å². The molecule has 0 bridgehead atoms.